The number of nitrogens with zero attached hydrogens (tertiary/aromatic N) is 1. The van der Waals surface area contributed by atoms with E-state index >= 15 is 0 Å². The van der Waals surface area contributed by atoms with Crippen LogP contribution in [-0.2, 0) is 10.8 Å². The van der Waals surface area contributed by atoms with Crippen LogP contribution in [0.4, 0.5) is 5.69 Å². The molecule has 2 heteroatoms. The van der Waals surface area contributed by atoms with Crippen molar-refractivity contribution in [2.45, 2.75) is 62.3 Å². The van der Waals surface area contributed by atoms with Crippen molar-refractivity contribution >= 4 is 38.8 Å². The van der Waals surface area contributed by atoms with Crippen molar-refractivity contribution in [1.29, 1.82) is 0 Å². The summed E-state index contributed by atoms with van der Waals surface area (Å²) >= 11 is 0. The van der Waals surface area contributed by atoms with Crippen LogP contribution in [-0.4, -0.2) is 6.04 Å². The van der Waals surface area contributed by atoms with Crippen LogP contribution in [0.3, 0.4) is 0 Å². The summed E-state index contributed by atoms with van der Waals surface area (Å²) in [4.78, 5) is 2.72. The summed E-state index contributed by atoms with van der Waals surface area (Å²) in [5.74, 6) is 0.246. The largest absolute Gasteiger partial charge is 0.455 e. The first kappa shape index (κ1) is 37.9. The number of fused-ring (bicyclic) bond motifs is 15. The lowest BCUT2D eigenvalue weighted by atomic mass is 9.64. The highest BCUT2D eigenvalue weighted by molar-refractivity contribution is 6.11. The Hall–Kier alpha value is -7.42. The fraction of sp³-hybridized carbons (Fsp3) is 0.156. The molecule has 2 nitrogen and oxygen atoms in total. The van der Waals surface area contributed by atoms with E-state index in [2.05, 4.69) is 219 Å². The van der Waals surface area contributed by atoms with E-state index in [0.29, 0.717) is 0 Å². The van der Waals surface area contributed by atoms with Crippen molar-refractivity contribution in [3.05, 3.63) is 256 Å². The normalized spacial score (nSPS) is 21.5. The second kappa shape index (κ2) is 14.0. The molecule has 0 bridgehead atoms. The molecule has 3 unspecified atom stereocenters. The first-order valence-electron chi connectivity index (χ1n) is 23.9. The van der Waals surface area contributed by atoms with Crippen LogP contribution in [0.15, 0.2) is 222 Å². The number of hydrogen-bond donors (Lipinski definition) is 0. The zero-order valence-corrected chi connectivity index (χ0v) is 37.4. The van der Waals surface area contributed by atoms with Crippen LogP contribution < -0.4 is 4.90 Å². The van der Waals surface area contributed by atoms with Gasteiger partial charge in [-0.3, -0.25) is 0 Å². The maximum atomic E-state index is 7.06. The third-order valence-electron chi connectivity index (χ3n) is 16.2. The summed E-state index contributed by atoms with van der Waals surface area (Å²) < 4.78 is 7.06. The van der Waals surface area contributed by atoms with Gasteiger partial charge in [-0.25, -0.2) is 0 Å². The molecule has 3 atom stereocenters. The highest BCUT2D eigenvalue weighted by Crippen LogP contribution is 2.61. The van der Waals surface area contributed by atoms with Crippen LogP contribution in [0.1, 0.15) is 84.4 Å². The minimum Gasteiger partial charge on any atom is -0.455 e. The van der Waals surface area contributed by atoms with Gasteiger partial charge < -0.3 is 9.32 Å². The molecule has 0 radical (unpaired) electrons. The van der Waals surface area contributed by atoms with Gasteiger partial charge in [-0.05, 0) is 122 Å². The number of hydrogen-bond acceptors (Lipinski definition) is 2. The van der Waals surface area contributed by atoms with E-state index < -0.39 is 5.41 Å². The molecule has 1 aromatic heterocycles. The number of anilines is 1. The van der Waals surface area contributed by atoms with Gasteiger partial charge in [0, 0.05) is 39.1 Å². The molecule has 8 aromatic rings. The minimum absolute atomic E-state index is 0.0419. The Morgan fingerprint density at radius 1 is 0.606 bits per heavy atom. The molecule has 0 fully saturated rings. The predicted octanol–water partition coefficient (Wildman–Crippen LogP) is 16.2. The molecule has 0 spiro atoms. The summed E-state index contributed by atoms with van der Waals surface area (Å²) in [6.07, 6.45) is 20.8. The zero-order valence-electron chi connectivity index (χ0n) is 37.4. The minimum atomic E-state index is -0.444. The Balaban J connectivity index is 0.989. The Morgan fingerprint density at radius 3 is 2.23 bits per heavy atom. The molecule has 0 saturated heterocycles. The van der Waals surface area contributed by atoms with E-state index in [1.54, 1.807) is 0 Å². The molecule has 66 heavy (non-hydrogen) atoms. The summed E-state index contributed by atoms with van der Waals surface area (Å²) in [6, 6.07) is 59.2. The Bertz CT molecular complexity index is 3580. The van der Waals surface area contributed by atoms with E-state index in [4.69, 9.17) is 4.42 Å². The molecule has 6 aliphatic carbocycles. The van der Waals surface area contributed by atoms with Gasteiger partial charge in [0.1, 0.15) is 11.2 Å². The topological polar surface area (TPSA) is 16.4 Å². The van der Waals surface area contributed by atoms with E-state index in [-0.39, 0.29) is 17.4 Å². The Labute approximate surface area is 386 Å². The average Bonchev–Trinajstić information content (AvgIpc) is 3.98. The molecule has 6 aliphatic rings. The number of allylic oxidation sites excluding steroid dienone is 10. The summed E-state index contributed by atoms with van der Waals surface area (Å²) in [5.41, 5.74) is 24.5. The highest BCUT2D eigenvalue weighted by atomic mass is 16.3. The molecule has 1 heterocycles. The molecule has 0 amide bonds. The van der Waals surface area contributed by atoms with E-state index in [0.717, 1.165) is 36.8 Å². The van der Waals surface area contributed by atoms with Gasteiger partial charge in [-0.15, -0.1) is 0 Å². The quantitative estimate of drug-likeness (QED) is 0.172. The lowest BCUT2D eigenvalue weighted by molar-refractivity contribution is 0.656. The zero-order chi connectivity index (χ0) is 43.7. The number of rotatable bonds is 5. The van der Waals surface area contributed by atoms with Crippen LogP contribution >= 0.6 is 0 Å². The average molecular weight is 848 g/mol. The monoisotopic (exact) mass is 847 g/mol. The number of furan rings is 1. The maximum absolute atomic E-state index is 7.06. The Kier molecular flexibility index (Phi) is 8.06. The van der Waals surface area contributed by atoms with Crippen molar-refractivity contribution in [3.63, 3.8) is 0 Å². The number of para-hydroxylation sites is 1. The van der Waals surface area contributed by atoms with Crippen molar-refractivity contribution in [2.24, 2.45) is 0 Å². The fourth-order valence-corrected chi connectivity index (χ4v) is 13.3. The van der Waals surface area contributed by atoms with Crippen molar-refractivity contribution in [3.8, 4) is 22.3 Å². The Morgan fingerprint density at radius 2 is 1.36 bits per heavy atom. The van der Waals surface area contributed by atoms with Gasteiger partial charge in [0.05, 0.1) is 11.5 Å². The first-order chi connectivity index (χ1) is 32.5. The van der Waals surface area contributed by atoms with Crippen LogP contribution in [0.5, 0.6) is 0 Å². The SMILES string of the molecule is CC1(C)c2ccccc2-c2ccc(N(C3=CC=C4c5ccccc5-c5ccccc5C4C3)C3C=CC4=C(C3)c3c(ccc5c3oc3ccccc35)C4(C3=CC=CCC3)c3ccccc3)cc21. The second-order valence-corrected chi connectivity index (χ2v) is 19.7. The number of benzene rings is 7. The smallest absolute Gasteiger partial charge is 0.143 e. The molecule has 0 saturated carbocycles. The summed E-state index contributed by atoms with van der Waals surface area (Å²) in [5, 5.41) is 2.36. The molecule has 0 aliphatic heterocycles. The fourth-order valence-electron chi connectivity index (χ4n) is 13.3. The molecule has 14 rings (SSSR count). The standard InChI is InChI=1S/C64H49NO/c1-63(2)56-27-15-13-25-50(56)51-33-30-44(39-59(51)63)65(42-29-32-49-47-23-10-9-21-45(47)46-22-11-12-24-48(46)54(49)37-42)43-31-35-57-55(38-43)61-58(36-34-53-52-26-14-16-28-60(52)66-62(53)61)64(57,40-17-5-3-6-18-40)41-19-7-4-8-20-41/h3-7,9-19,21-36,39,43,54H,8,20,37-38H2,1-2H3. The van der Waals surface area contributed by atoms with E-state index in [1.165, 1.54) is 106 Å². The molecule has 316 valence electrons. The third kappa shape index (κ3) is 5.13. The van der Waals surface area contributed by atoms with Gasteiger partial charge in [0.2, 0.25) is 0 Å². The molecule has 7 aromatic carbocycles. The summed E-state index contributed by atoms with van der Waals surface area (Å²) in [6.45, 7) is 4.81. The highest BCUT2D eigenvalue weighted by Gasteiger charge is 2.51. The van der Waals surface area contributed by atoms with Crippen molar-refractivity contribution in [2.75, 3.05) is 4.90 Å². The molecular weight excluding hydrogens is 799 g/mol. The second-order valence-electron chi connectivity index (χ2n) is 19.7. The first-order valence-corrected chi connectivity index (χ1v) is 23.9. The third-order valence-corrected chi connectivity index (χ3v) is 16.2. The van der Waals surface area contributed by atoms with Crippen molar-refractivity contribution < 1.29 is 4.42 Å². The lowest BCUT2D eigenvalue weighted by Crippen LogP contribution is -2.37. The van der Waals surface area contributed by atoms with Gasteiger partial charge in [0.25, 0.3) is 0 Å². The van der Waals surface area contributed by atoms with Gasteiger partial charge >= 0.3 is 0 Å². The summed E-state index contributed by atoms with van der Waals surface area (Å²) in [7, 11) is 0. The van der Waals surface area contributed by atoms with Crippen LogP contribution in [0.2, 0.25) is 0 Å². The van der Waals surface area contributed by atoms with Gasteiger partial charge in [-0.1, -0.05) is 195 Å². The van der Waals surface area contributed by atoms with Crippen LogP contribution in [0.25, 0.3) is 55.3 Å². The van der Waals surface area contributed by atoms with Crippen molar-refractivity contribution in [1.82, 2.24) is 0 Å². The van der Waals surface area contributed by atoms with E-state index in [1.807, 2.05) is 0 Å². The molecule has 0 N–H and O–H groups in total. The lowest BCUT2D eigenvalue weighted by Gasteiger charge is -2.42. The van der Waals surface area contributed by atoms with E-state index in [9.17, 15) is 0 Å². The van der Waals surface area contributed by atoms with Gasteiger partial charge in [-0.2, -0.15) is 0 Å². The van der Waals surface area contributed by atoms with Crippen LogP contribution in [0, 0.1) is 0 Å². The molecular formula is C64H49NO. The predicted molar refractivity (Wildman–Crippen MR) is 274 cm³/mol. The maximum Gasteiger partial charge on any atom is 0.143 e. The van der Waals surface area contributed by atoms with Gasteiger partial charge in [0.15, 0.2) is 0 Å².